The van der Waals surface area contributed by atoms with Gasteiger partial charge in [0.25, 0.3) is 0 Å². The summed E-state index contributed by atoms with van der Waals surface area (Å²) in [7, 11) is 0. The minimum atomic E-state index is -0.00872. The summed E-state index contributed by atoms with van der Waals surface area (Å²) in [5.41, 5.74) is 1.94. The number of anilines is 1. The number of carbonyl (C=O) groups excluding carboxylic acids is 1. The highest BCUT2D eigenvalue weighted by Crippen LogP contribution is 2.23. The van der Waals surface area contributed by atoms with E-state index in [1.807, 2.05) is 38.3 Å². The summed E-state index contributed by atoms with van der Waals surface area (Å²) in [6.45, 7) is 7.60. The Labute approximate surface area is 147 Å². The molecule has 0 saturated carbocycles. The van der Waals surface area contributed by atoms with Gasteiger partial charge in [-0.15, -0.1) is 11.3 Å². The van der Waals surface area contributed by atoms with Crippen molar-refractivity contribution in [3.63, 3.8) is 0 Å². The number of nitrogens with one attached hydrogen (secondary N) is 1. The minimum absolute atomic E-state index is 0.00872. The third kappa shape index (κ3) is 3.93. The number of aryl methyl sites for hydroxylation is 2. The lowest BCUT2D eigenvalue weighted by atomic mass is 9.97. The van der Waals surface area contributed by atoms with Gasteiger partial charge in [-0.3, -0.25) is 4.79 Å². The quantitative estimate of drug-likeness (QED) is 0.925. The van der Waals surface area contributed by atoms with Crippen molar-refractivity contribution in [1.29, 1.82) is 0 Å². The molecule has 1 amide bonds. The van der Waals surface area contributed by atoms with Gasteiger partial charge >= 0.3 is 0 Å². The molecular weight excluding hydrogens is 320 g/mol. The molecule has 1 aliphatic rings. The van der Waals surface area contributed by atoms with Crippen LogP contribution >= 0.6 is 11.3 Å². The number of nitrogens with zero attached hydrogens (tertiary/aromatic N) is 3. The molecule has 3 rings (SSSR count). The zero-order valence-electron chi connectivity index (χ0n) is 14.5. The van der Waals surface area contributed by atoms with Crippen LogP contribution in [0.5, 0.6) is 0 Å². The molecule has 3 heterocycles. The lowest BCUT2D eigenvalue weighted by Gasteiger charge is -2.32. The number of hydrogen-bond donors (Lipinski definition) is 1. The van der Waals surface area contributed by atoms with Crippen molar-refractivity contribution in [2.75, 3.05) is 18.0 Å². The van der Waals surface area contributed by atoms with Crippen molar-refractivity contribution in [2.45, 2.75) is 39.7 Å². The van der Waals surface area contributed by atoms with Crippen molar-refractivity contribution in [3.05, 3.63) is 39.8 Å². The average molecular weight is 344 g/mol. The lowest BCUT2D eigenvalue weighted by Crippen LogP contribution is -2.44. The fourth-order valence-corrected chi connectivity index (χ4v) is 3.90. The maximum absolute atomic E-state index is 12.6. The average Bonchev–Trinajstić information content (AvgIpc) is 3.08. The Kier molecular flexibility index (Phi) is 5.14. The maximum atomic E-state index is 12.6. The van der Waals surface area contributed by atoms with Gasteiger partial charge in [0.1, 0.15) is 0 Å². The SMILES string of the molecule is Cc1cc(C)nc(N2CCC[C@@H](C(=O)N[C@@H](C)c3cccs3)C2)n1. The highest BCUT2D eigenvalue weighted by Gasteiger charge is 2.28. The van der Waals surface area contributed by atoms with Crippen LogP contribution in [-0.4, -0.2) is 29.0 Å². The van der Waals surface area contributed by atoms with E-state index in [0.717, 1.165) is 36.7 Å². The van der Waals surface area contributed by atoms with Gasteiger partial charge in [-0.1, -0.05) is 6.07 Å². The Morgan fingerprint density at radius 2 is 2.12 bits per heavy atom. The Morgan fingerprint density at radius 1 is 1.38 bits per heavy atom. The van der Waals surface area contributed by atoms with Crippen molar-refractivity contribution in [2.24, 2.45) is 5.92 Å². The number of hydrogen-bond acceptors (Lipinski definition) is 5. The van der Waals surface area contributed by atoms with Crippen molar-refractivity contribution in [3.8, 4) is 0 Å². The molecule has 1 aliphatic heterocycles. The molecule has 0 aliphatic carbocycles. The van der Waals surface area contributed by atoms with Gasteiger partial charge in [-0.2, -0.15) is 0 Å². The predicted molar refractivity (Wildman–Crippen MR) is 97.3 cm³/mol. The molecule has 0 bridgehead atoms. The van der Waals surface area contributed by atoms with Gasteiger partial charge in [-0.05, 0) is 51.1 Å². The second kappa shape index (κ2) is 7.30. The number of thiophene rings is 1. The smallest absolute Gasteiger partial charge is 0.225 e. The Morgan fingerprint density at radius 3 is 2.79 bits per heavy atom. The molecule has 0 radical (unpaired) electrons. The maximum Gasteiger partial charge on any atom is 0.225 e. The van der Waals surface area contributed by atoms with Gasteiger partial charge in [0.05, 0.1) is 12.0 Å². The largest absolute Gasteiger partial charge is 0.348 e. The zero-order chi connectivity index (χ0) is 17.1. The van der Waals surface area contributed by atoms with Crippen LogP contribution in [0.4, 0.5) is 5.95 Å². The van der Waals surface area contributed by atoms with Gasteiger partial charge < -0.3 is 10.2 Å². The number of piperidine rings is 1. The van der Waals surface area contributed by atoms with Crippen LogP contribution in [0.15, 0.2) is 23.6 Å². The molecule has 0 aromatic carbocycles. The number of rotatable bonds is 4. The van der Waals surface area contributed by atoms with Crippen molar-refractivity contribution in [1.82, 2.24) is 15.3 Å². The van der Waals surface area contributed by atoms with E-state index in [1.54, 1.807) is 11.3 Å². The highest BCUT2D eigenvalue weighted by atomic mass is 32.1. The van der Waals surface area contributed by atoms with Gasteiger partial charge in [-0.25, -0.2) is 9.97 Å². The number of aromatic nitrogens is 2. The molecule has 0 unspecified atom stereocenters. The van der Waals surface area contributed by atoms with E-state index in [1.165, 1.54) is 4.88 Å². The molecule has 1 N–H and O–H groups in total. The first kappa shape index (κ1) is 16.9. The first-order valence-electron chi connectivity index (χ1n) is 8.44. The van der Waals surface area contributed by atoms with Crippen molar-refractivity contribution >= 4 is 23.2 Å². The molecular formula is C18H24N4OS. The summed E-state index contributed by atoms with van der Waals surface area (Å²) >= 11 is 1.68. The Hall–Kier alpha value is -1.95. The van der Waals surface area contributed by atoms with Gasteiger partial charge in [0, 0.05) is 29.4 Å². The predicted octanol–water partition coefficient (Wildman–Crippen LogP) is 3.25. The fourth-order valence-electron chi connectivity index (χ4n) is 3.16. The van der Waals surface area contributed by atoms with Gasteiger partial charge in [0.15, 0.2) is 0 Å². The second-order valence-corrected chi connectivity index (χ2v) is 7.46. The van der Waals surface area contributed by atoms with Crippen LogP contribution in [0.1, 0.15) is 42.1 Å². The third-order valence-corrected chi connectivity index (χ3v) is 5.43. The summed E-state index contributed by atoms with van der Waals surface area (Å²) in [6, 6.07) is 6.11. The van der Waals surface area contributed by atoms with E-state index >= 15 is 0 Å². The molecule has 0 spiro atoms. The summed E-state index contributed by atoms with van der Waals surface area (Å²) < 4.78 is 0. The van der Waals surface area contributed by atoms with E-state index in [-0.39, 0.29) is 17.9 Å². The van der Waals surface area contributed by atoms with Crippen LogP contribution < -0.4 is 10.2 Å². The normalized spacial score (nSPS) is 19.1. The van der Waals surface area contributed by atoms with Crippen LogP contribution in [-0.2, 0) is 4.79 Å². The zero-order valence-corrected chi connectivity index (χ0v) is 15.3. The Balaban J connectivity index is 1.65. The van der Waals surface area contributed by atoms with E-state index in [4.69, 9.17) is 0 Å². The van der Waals surface area contributed by atoms with Crippen LogP contribution in [0.3, 0.4) is 0 Å². The molecule has 6 heteroatoms. The summed E-state index contributed by atoms with van der Waals surface area (Å²) in [5, 5.41) is 5.19. The fraction of sp³-hybridized carbons (Fsp3) is 0.500. The first-order valence-corrected chi connectivity index (χ1v) is 9.32. The summed E-state index contributed by atoms with van der Waals surface area (Å²) in [4.78, 5) is 25.0. The highest BCUT2D eigenvalue weighted by molar-refractivity contribution is 7.10. The van der Waals surface area contributed by atoms with E-state index in [0.29, 0.717) is 6.54 Å². The molecule has 128 valence electrons. The van der Waals surface area contributed by atoms with Crippen LogP contribution in [0, 0.1) is 19.8 Å². The van der Waals surface area contributed by atoms with Crippen LogP contribution in [0.2, 0.25) is 0 Å². The molecule has 1 fully saturated rings. The molecule has 1 saturated heterocycles. The van der Waals surface area contributed by atoms with Crippen molar-refractivity contribution < 1.29 is 4.79 Å². The second-order valence-electron chi connectivity index (χ2n) is 6.48. The first-order chi connectivity index (χ1) is 11.5. The molecule has 5 nitrogen and oxygen atoms in total. The Bertz CT molecular complexity index is 681. The minimum Gasteiger partial charge on any atom is -0.348 e. The lowest BCUT2D eigenvalue weighted by molar-refractivity contribution is -0.125. The molecule has 24 heavy (non-hydrogen) atoms. The van der Waals surface area contributed by atoms with E-state index in [2.05, 4.69) is 26.3 Å². The topological polar surface area (TPSA) is 58.1 Å². The number of carbonyl (C=O) groups is 1. The third-order valence-electron chi connectivity index (χ3n) is 4.37. The molecule has 2 aromatic heterocycles. The van der Waals surface area contributed by atoms with Crippen LogP contribution in [0.25, 0.3) is 0 Å². The van der Waals surface area contributed by atoms with E-state index < -0.39 is 0 Å². The summed E-state index contributed by atoms with van der Waals surface area (Å²) in [6.07, 6.45) is 1.91. The monoisotopic (exact) mass is 344 g/mol. The van der Waals surface area contributed by atoms with Gasteiger partial charge in [0.2, 0.25) is 11.9 Å². The molecule has 2 atom stereocenters. The summed E-state index contributed by atoms with van der Waals surface area (Å²) in [5.74, 6) is 0.867. The number of amides is 1. The molecule has 2 aromatic rings. The van der Waals surface area contributed by atoms with E-state index in [9.17, 15) is 4.79 Å². The standard InChI is InChI=1S/C18H24N4OS/c1-12-10-13(2)20-18(19-12)22-8-4-6-15(11-22)17(23)21-14(3)16-7-5-9-24-16/h5,7,9-10,14-15H,4,6,8,11H2,1-3H3,(H,21,23)/t14-,15+/m0/s1.